The summed E-state index contributed by atoms with van der Waals surface area (Å²) in [6, 6.07) is 15.3. The number of ether oxygens (including phenoxy) is 1. The summed E-state index contributed by atoms with van der Waals surface area (Å²) in [4.78, 5) is 16.1. The van der Waals surface area contributed by atoms with Crippen LogP contribution >= 0.6 is 0 Å². The molecule has 2 N–H and O–H groups in total. The largest absolute Gasteiger partial charge is 0.489 e. The molecule has 2 aromatic carbocycles. The molecule has 0 aliphatic rings. The van der Waals surface area contributed by atoms with Crippen molar-refractivity contribution in [3.8, 4) is 5.75 Å². The van der Waals surface area contributed by atoms with Crippen molar-refractivity contribution in [3.05, 3.63) is 72.2 Å². The molecule has 0 aliphatic carbocycles. The third-order valence-electron chi connectivity index (χ3n) is 3.61. The molecule has 1 aromatic heterocycles. The van der Waals surface area contributed by atoms with Crippen molar-refractivity contribution in [2.24, 2.45) is 0 Å². The van der Waals surface area contributed by atoms with Crippen LogP contribution in [0.15, 0.2) is 60.8 Å². The molecule has 0 spiro atoms. The maximum atomic E-state index is 12.8. The van der Waals surface area contributed by atoms with Gasteiger partial charge in [-0.15, -0.1) is 0 Å². The summed E-state index contributed by atoms with van der Waals surface area (Å²) in [6.07, 6.45) is 1.72. The Labute approximate surface area is 144 Å². The summed E-state index contributed by atoms with van der Waals surface area (Å²) < 4.78 is 18.5. The lowest BCUT2D eigenvalue weighted by atomic mass is 10.2. The maximum Gasteiger partial charge on any atom is 0.315 e. The van der Waals surface area contributed by atoms with Gasteiger partial charge in [-0.25, -0.2) is 9.18 Å². The van der Waals surface area contributed by atoms with Crippen molar-refractivity contribution in [3.63, 3.8) is 0 Å². The molecule has 0 saturated carbocycles. The molecular weight excluding hydrogens is 321 g/mol. The highest BCUT2D eigenvalue weighted by molar-refractivity contribution is 5.84. The lowest BCUT2D eigenvalue weighted by Gasteiger charge is -2.10. The first-order valence-corrected chi connectivity index (χ1v) is 7.95. The number of hydrogen-bond acceptors (Lipinski definition) is 3. The van der Waals surface area contributed by atoms with Crippen molar-refractivity contribution in [1.82, 2.24) is 15.6 Å². The fourth-order valence-electron chi connectivity index (χ4n) is 2.37. The number of hydrogen-bond donors (Lipinski definition) is 2. The molecule has 5 nitrogen and oxygen atoms in total. The summed E-state index contributed by atoms with van der Waals surface area (Å²) in [5.41, 5.74) is 1.63. The number of carbonyl (C=O) groups excluding carboxylic acids is 1. The summed E-state index contributed by atoms with van der Waals surface area (Å²) in [5, 5.41) is 6.42. The molecule has 25 heavy (non-hydrogen) atoms. The van der Waals surface area contributed by atoms with E-state index in [9.17, 15) is 9.18 Å². The van der Waals surface area contributed by atoms with E-state index in [0.717, 1.165) is 16.5 Å². The number of para-hydroxylation sites is 1. The van der Waals surface area contributed by atoms with Crippen LogP contribution in [0.4, 0.5) is 9.18 Å². The molecule has 1 heterocycles. The van der Waals surface area contributed by atoms with Gasteiger partial charge in [0.25, 0.3) is 0 Å². The summed E-state index contributed by atoms with van der Waals surface area (Å²) in [7, 11) is 0. The Morgan fingerprint density at radius 1 is 1.04 bits per heavy atom. The van der Waals surface area contributed by atoms with Crippen molar-refractivity contribution in [2.45, 2.75) is 6.54 Å². The molecule has 3 aromatic rings. The van der Waals surface area contributed by atoms with E-state index < -0.39 is 0 Å². The van der Waals surface area contributed by atoms with E-state index in [4.69, 9.17) is 4.74 Å². The highest BCUT2D eigenvalue weighted by atomic mass is 19.1. The third kappa shape index (κ3) is 4.67. The van der Waals surface area contributed by atoms with E-state index >= 15 is 0 Å². The molecule has 3 rings (SSSR count). The minimum atomic E-state index is -0.302. The zero-order valence-corrected chi connectivity index (χ0v) is 13.5. The van der Waals surface area contributed by atoms with Gasteiger partial charge < -0.3 is 15.4 Å². The number of benzene rings is 2. The highest BCUT2D eigenvalue weighted by Gasteiger charge is 2.04. The molecule has 0 unspecified atom stereocenters. The second-order valence-corrected chi connectivity index (χ2v) is 5.42. The fourth-order valence-corrected chi connectivity index (χ4v) is 2.37. The predicted octanol–water partition coefficient (Wildman–Crippen LogP) is 3.25. The van der Waals surface area contributed by atoms with Gasteiger partial charge in [0.05, 0.1) is 6.54 Å². The Morgan fingerprint density at radius 3 is 2.68 bits per heavy atom. The van der Waals surface area contributed by atoms with Gasteiger partial charge in [0.15, 0.2) is 0 Å². The van der Waals surface area contributed by atoms with Gasteiger partial charge in [-0.05, 0) is 29.8 Å². The van der Waals surface area contributed by atoms with Crippen LogP contribution in [-0.2, 0) is 6.54 Å². The van der Waals surface area contributed by atoms with Crippen molar-refractivity contribution >= 4 is 16.9 Å². The second-order valence-electron chi connectivity index (χ2n) is 5.42. The van der Waals surface area contributed by atoms with Crippen molar-refractivity contribution in [2.75, 3.05) is 13.2 Å². The van der Waals surface area contributed by atoms with E-state index in [1.165, 1.54) is 12.1 Å². The standard InChI is InChI=1S/C19H18FN3O2/c20-16-8-6-14(7-9-16)13-23-19(24)22-11-12-25-17-5-1-3-15-4-2-10-21-18(15)17/h1-10H,11-13H2,(H2,22,23,24). The van der Waals surface area contributed by atoms with Crippen LogP contribution in [0.3, 0.4) is 0 Å². The van der Waals surface area contributed by atoms with E-state index in [0.29, 0.717) is 25.4 Å². The number of pyridine rings is 1. The third-order valence-corrected chi connectivity index (χ3v) is 3.61. The molecular formula is C19H18FN3O2. The number of nitrogens with zero attached hydrogens (tertiary/aromatic N) is 1. The quantitative estimate of drug-likeness (QED) is 0.678. The van der Waals surface area contributed by atoms with Gasteiger partial charge in [-0.3, -0.25) is 4.98 Å². The topological polar surface area (TPSA) is 63.2 Å². The normalized spacial score (nSPS) is 10.4. The van der Waals surface area contributed by atoms with E-state index in [1.807, 2.05) is 30.3 Å². The van der Waals surface area contributed by atoms with Gasteiger partial charge in [0.1, 0.15) is 23.7 Å². The second kappa shape index (κ2) is 8.10. The van der Waals surface area contributed by atoms with Crippen molar-refractivity contribution in [1.29, 1.82) is 0 Å². The van der Waals surface area contributed by atoms with Gasteiger partial charge in [0.2, 0.25) is 0 Å². The molecule has 0 fully saturated rings. The lowest BCUT2D eigenvalue weighted by molar-refractivity contribution is 0.236. The van der Waals surface area contributed by atoms with E-state index in [2.05, 4.69) is 15.6 Å². The van der Waals surface area contributed by atoms with Gasteiger partial charge in [-0.1, -0.05) is 30.3 Å². The molecule has 0 radical (unpaired) electrons. The Morgan fingerprint density at radius 2 is 1.84 bits per heavy atom. The predicted molar refractivity (Wildman–Crippen MR) is 93.9 cm³/mol. The Balaban J connectivity index is 1.42. The molecule has 6 heteroatoms. The van der Waals surface area contributed by atoms with Crippen LogP contribution in [-0.4, -0.2) is 24.2 Å². The van der Waals surface area contributed by atoms with E-state index in [-0.39, 0.29) is 11.8 Å². The number of nitrogens with one attached hydrogen (secondary N) is 2. The lowest BCUT2D eigenvalue weighted by Crippen LogP contribution is -2.37. The average molecular weight is 339 g/mol. The number of fused-ring (bicyclic) bond motifs is 1. The van der Waals surface area contributed by atoms with Crippen LogP contribution < -0.4 is 15.4 Å². The number of halogens is 1. The maximum absolute atomic E-state index is 12.8. The summed E-state index contributed by atoms with van der Waals surface area (Å²) in [6.45, 7) is 1.03. The average Bonchev–Trinajstić information content (AvgIpc) is 2.65. The van der Waals surface area contributed by atoms with Crippen LogP contribution in [0.1, 0.15) is 5.56 Å². The zero-order chi connectivity index (χ0) is 17.5. The molecule has 0 saturated heterocycles. The number of carbonyl (C=O) groups is 1. The SMILES string of the molecule is O=C(NCCOc1cccc2cccnc12)NCc1ccc(F)cc1. The van der Waals surface area contributed by atoms with Crippen LogP contribution in [0.5, 0.6) is 5.75 Å². The summed E-state index contributed by atoms with van der Waals surface area (Å²) in [5.74, 6) is 0.389. The molecule has 0 aliphatic heterocycles. The van der Waals surface area contributed by atoms with Crippen LogP contribution in [0, 0.1) is 5.82 Å². The molecule has 128 valence electrons. The van der Waals surface area contributed by atoms with E-state index in [1.54, 1.807) is 18.3 Å². The minimum absolute atomic E-state index is 0.298. The number of urea groups is 1. The Bertz CT molecular complexity index is 847. The smallest absolute Gasteiger partial charge is 0.315 e. The molecule has 2 amide bonds. The van der Waals surface area contributed by atoms with Gasteiger partial charge >= 0.3 is 6.03 Å². The minimum Gasteiger partial charge on any atom is -0.489 e. The first kappa shape index (κ1) is 16.7. The number of aromatic nitrogens is 1. The molecule has 0 atom stereocenters. The highest BCUT2D eigenvalue weighted by Crippen LogP contribution is 2.22. The van der Waals surface area contributed by atoms with Gasteiger partial charge in [-0.2, -0.15) is 0 Å². The summed E-state index contributed by atoms with van der Waals surface area (Å²) >= 11 is 0. The van der Waals surface area contributed by atoms with Gasteiger partial charge in [0, 0.05) is 18.1 Å². The first-order valence-electron chi connectivity index (χ1n) is 7.95. The van der Waals surface area contributed by atoms with Crippen LogP contribution in [0.25, 0.3) is 10.9 Å². The number of amides is 2. The number of rotatable bonds is 6. The van der Waals surface area contributed by atoms with Crippen molar-refractivity contribution < 1.29 is 13.9 Å². The van der Waals surface area contributed by atoms with Crippen LogP contribution in [0.2, 0.25) is 0 Å². The Hall–Kier alpha value is -3.15. The first-order chi connectivity index (χ1) is 12.2. The monoisotopic (exact) mass is 339 g/mol. The Kier molecular flexibility index (Phi) is 5.41. The molecule has 0 bridgehead atoms. The fraction of sp³-hybridized carbons (Fsp3) is 0.158. The zero-order valence-electron chi connectivity index (χ0n) is 13.5.